The number of carbonyl (C=O) groups is 3. The van der Waals surface area contributed by atoms with E-state index in [2.05, 4.69) is 5.32 Å². The van der Waals surface area contributed by atoms with Gasteiger partial charge in [0.1, 0.15) is 0 Å². The Bertz CT molecular complexity index is 966. The fourth-order valence-electron chi connectivity index (χ4n) is 3.08. The van der Waals surface area contributed by atoms with Gasteiger partial charge in [-0.25, -0.2) is 10.3 Å². The van der Waals surface area contributed by atoms with Crippen LogP contribution in [0.2, 0.25) is 0 Å². The maximum absolute atomic E-state index is 12.9. The van der Waals surface area contributed by atoms with Crippen molar-refractivity contribution in [1.82, 2.24) is 15.7 Å². The molecule has 1 aliphatic carbocycles. The van der Waals surface area contributed by atoms with Crippen LogP contribution in [0.3, 0.4) is 0 Å². The van der Waals surface area contributed by atoms with Crippen molar-refractivity contribution in [3.63, 3.8) is 0 Å². The maximum Gasteiger partial charge on any atom is 0.324 e. The van der Waals surface area contributed by atoms with Crippen LogP contribution in [-0.4, -0.2) is 28.0 Å². The van der Waals surface area contributed by atoms with Gasteiger partial charge in [0.15, 0.2) is 0 Å². The molecule has 0 spiro atoms. The summed E-state index contributed by atoms with van der Waals surface area (Å²) in [5.41, 5.74) is 4.06. The molecule has 7 nitrogen and oxygen atoms in total. The van der Waals surface area contributed by atoms with Crippen molar-refractivity contribution in [1.29, 1.82) is 0 Å². The molecule has 0 aliphatic heterocycles. The fourth-order valence-corrected chi connectivity index (χ4v) is 3.08. The number of urea groups is 1. The molecule has 0 heterocycles. The van der Waals surface area contributed by atoms with E-state index < -0.39 is 17.8 Å². The van der Waals surface area contributed by atoms with E-state index in [1.807, 2.05) is 42.5 Å². The molecule has 3 rings (SSSR count). The molecule has 0 unspecified atom stereocenters. The predicted molar refractivity (Wildman–Crippen MR) is 111 cm³/mol. The zero-order valence-electron chi connectivity index (χ0n) is 16.4. The molecule has 2 aromatic carbocycles. The number of hydrogen-bond acceptors (Lipinski definition) is 4. The van der Waals surface area contributed by atoms with Gasteiger partial charge in [0.25, 0.3) is 11.8 Å². The second-order valence-corrected chi connectivity index (χ2v) is 6.88. The van der Waals surface area contributed by atoms with Crippen LogP contribution in [0.15, 0.2) is 78.4 Å². The molecule has 0 radical (unpaired) electrons. The zero-order chi connectivity index (χ0) is 21.3. The minimum atomic E-state index is -0.611. The third-order valence-electron chi connectivity index (χ3n) is 4.67. The van der Waals surface area contributed by atoms with Gasteiger partial charge in [-0.2, -0.15) is 0 Å². The molecule has 0 atom stereocenters. The summed E-state index contributed by atoms with van der Waals surface area (Å²) in [5, 5.41) is 11.2. The van der Waals surface area contributed by atoms with Gasteiger partial charge in [-0.15, -0.1) is 0 Å². The van der Waals surface area contributed by atoms with Crippen molar-refractivity contribution in [2.45, 2.75) is 25.9 Å². The molecule has 7 heteroatoms. The molecule has 3 N–H and O–H groups in total. The van der Waals surface area contributed by atoms with Gasteiger partial charge in [0.05, 0.1) is 0 Å². The first kappa shape index (κ1) is 21.0. The number of imide groups is 1. The van der Waals surface area contributed by atoms with Crippen LogP contribution in [0.5, 0.6) is 0 Å². The Kier molecular flexibility index (Phi) is 7.13. The summed E-state index contributed by atoms with van der Waals surface area (Å²) >= 11 is 0. The summed E-state index contributed by atoms with van der Waals surface area (Å²) in [6.45, 7) is 0.553. The van der Waals surface area contributed by atoms with Gasteiger partial charge in [0.2, 0.25) is 0 Å². The van der Waals surface area contributed by atoms with Crippen LogP contribution < -0.4 is 10.8 Å². The van der Waals surface area contributed by atoms with E-state index in [4.69, 9.17) is 5.21 Å². The molecule has 4 amide bonds. The molecule has 0 saturated heterocycles. The Morgan fingerprint density at radius 1 is 0.867 bits per heavy atom. The number of carbonyl (C=O) groups excluding carboxylic acids is 3. The number of nitrogens with zero attached hydrogens (tertiary/aromatic N) is 1. The number of rotatable bonds is 6. The Hall–Kier alpha value is -3.71. The number of nitrogens with one attached hydrogen (secondary N) is 2. The van der Waals surface area contributed by atoms with Crippen molar-refractivity contribution < 1.29 is 19.6 Å². The second-order valence-electron chi connectivity index (χ2n) is 6.88. The third kappa shape index (κ3) is 5.65. The summed E-state index contributed by atoms with van der Waals surface area (Å²) in [4.78, 5) is 38.3. The van der Waals surface area contributed by atoms with Crippen LogP contribution >= 0.6 is 0 Å². The third-order valence-corrected chi connectivity index (χ3v) is 4.67. The number of allylic oxidation sites excluding steroid dienone is 2. The largest absolute Gasteiger partial charge is 0.324 e. The van der Waals surface area contributed by atoms with Crippen LogP contribution in [0.4, 0.5) is 4.79 Å². The number of hydroxylamine groups is 1. The number of benzene rings is 2. The average molecular weight is 405 g/mol. The summed E-state index contributed by atoms with van der Waals surface area (Å²) < 4.78 is 0. The molecule has 154 valence electrons. The highest BCUT2D eigenvalue weighted by Gasteiger charge is 2.19. The van der Waals surface area contributed by atoms with Crippen LogP contribution in [-0.2, 0) is 17.9 Å². The lowest BCUT2D eigenvalue weighted by molar-refractivity contribution is -0.116. The van der Waals surface area contributed by atoms with Crippen molar-refractivity contribution in [2.24, 2.45) is 0 Å². The van der Waals surface area contributed by atoms with Crippen LogP contribution in [0.1, 0.15) is 34.3 Å². The molecule has 0 saturated carbocycles. The highest BCUT2D eigenvalue weighted by atomic mass is 16.5. The van der Waals surface area contributed by atoms with Crippen molar-refractivity contribution in [2.75, 3.05) is 0 Å². The molecule has 1 aliphatic rings. The molecule has 0 aromatic heterocycles. The van der Waals surface area contributed by atoms with E-state index in [0.717, 1.165) is 24.0 Å². The fraction of sp³-hybridized carbons (Fsp3) is 0.174. The highest BCUT2D eigenvalue weighted by molar-refractivity contribution is 6.05. The highest BCUT2D eigenvalue weighted by Crippen LogP contribution is 2.13. The Labute approximate surface area is 174 Å². The normalized spacial score (nSPS) is 12.6. The van der Waals surface area contributed by atoms with E-state index in [1.165, 1.54) is 4.90 Å². The average Bonchev–Trinajstić information content (AvgIpc) is 2.79. The summed E-state index contributed by atoms with van der Waals surface area (Å²) in [6, 6.07) is 15.5. The number of hydrogen-bond donors (Lipinski definition) is 3. The van der Waals surface area contributed by atoms with E-state index >= 15 is 0 Å². The van der Waals surface area contributed by atoms with Gasteiger partial charge >= 0.3 is 6.03 Å². The SMILES string of the molecule is O=C(NC(=O)N(Cc1ccccc1)Cc1ccc(C(=O)NO)cc1)C1=CCCC=C1. The second kappa shape index (κ2) is 10.2. The monoisotopic (exact) mass is 405 g/mol. The van der Waals surface area contributed by atoms with Crippen molar-refractivity contribution >= 4 is 17.8 Å². The molecular weight excluding hydrogens is 382 g/mol. The van der Waals surface area contributed by atoms with Gasteiger partial charge in [-0.05, 0) is 36.1 Å². The minimum Gasteiger partial charge on any atom is -0.316 e. The number of amides is 4. The van der Waals surface area contributed by atoms with Gasteiger partial charge in [-0.3, -0.25) is 20.1 Å². The predicted octanol–water partition coefficient (Wildman–Crippen LogP) is 3.32. The van der Waals surface area contributed by atoms with Crippen LogP contribution in [0.25, 0.3) is 0 Å². The standard InChI is InChI=1S/C23H23N3O4/c27-21(19-9-5-2-6-10-19)24-23(29)26(15-17-7-3-1-4-8-17)16-18-11-13-20(14-12-18)22(28)25-30/h1,3-5,7-14,30H,2,6,15-16H2,(H,25,28)(H,24,27,29). The topological polar surface area (TPSA) is 98.7 Å². The molecular formula is C23H23N3O4. The lowest BCUT2D eigenvalue weighted by Gasteiger charge is -2.23. The minimum absolute atomic E-state index is 0.240. The van der Waals surface area contributed by atoms with Gasteiger partial charge < -0.3 is 4.90 Å². The molecule has 30 heavy (non-hydrogen) atoms. The van der Waals surface area contributed by atoms with Crippen LogP contribution in [0, 0.1) is 0 Å². The van der Waals surface area contributed by atoms with E-state index in [-0.39, 0.29) is 6.54 Å². The zero-order valence-corrected chi connectivity index (χ0v) is 16.4. The molecule has 0 bridgehead atoms. The van der Waals surface area contributed by atoms with Gasteiger partial charge in [0, 0.05) is 24.2 Å². The quantitative estimate of drug-likeness (QED) is 0.507. The Balaban J connectivity index is 1.75. The lowest BCUT2D eigenvalue weighted by atomic mass is 10.1. The van der Waals surface area contributed by atoms with Gasteiger partial charge in [-0.1, -0.05) is 60.7 Å². The summed E-state index contributed by atoms with van der Waals surface area (Å²) in [5.74, 6) is -1.04. The Morgan fingerprint density at radius 2 is 1.53 bits per heavy atom. The maximum atomic E-state index is 12.9. The Morgan fingerprint density at radius 3 is 2.13 bits per heavy atom. The molecule has 0 fully saturated rings. The summed E-state index contributed by atoms with van der Waals surface area (Å²) in [7, 11) is 0. The first-order chi connectivity index (χ1) is 14.6. The molecule has 2 aromatic rings. The summed E-state index contributed by atoms with van der Waals surface area (Å²) in [6.07, 6.45) is 7.10. The first-order valence-electron chi connectivity index (χ1n) is 9.61. The van der Waals surface area contributed by atoms with Crippen molar-refractivity contribution in [3.8, 4) is 0 Å². The van der Waals surface area contributed by atoms with E-state index in [9.17, 15) is 14.4 Å². The van der Waals surface area contributed by atoms with E-state index in [1.54, 1.807) is 35.8 Å². The first-order valence-corrected chi connectivity index (χ1v) is 9.61. The smallest absolute Gasteiger partial charge is 0.316 e. The van der Waals surface area contributed by atoms with Crippen molar-refractivity contribution in [3.05, 3.63) is 95.1 Å². The lowest BCUT2D eigenvalue weighted by Crippen LogP contribution is -2.42. The van der Waals surface area contributed by atoms with E-state index in [0.29, 0.717) is 17.7 Å².